The lowest BCUT2D eigenvalue weighted by Crippen LogP contribution is -1.91. The highest BCUT2D eigenvalue weighted by Gasteiger charge is 2.24. The van der Waals surface area contributed by atoms with Gasteiger partial charge in [0.05, 0.1) is 0 Å². The van der Waals surface area contributed by atoms with Gasteiger partial charge in [0.2, 0.25) is 5.89 Å². The number of carbonyl (C=O) groups is 1. The van der Waals surface area contributed by atoms with Gasteiger partial charge in [-0.05, 0) is 32.3 Å². The molecule has 100 valence electrons. The number of H-pyrrole nitrogens is 1. The van der Waals surface area contributed by atoms with E-state index in [0.717, 1.165) is 42.0 Å². The lowest BCUT2D eigenvalue weighted by atomic mass is 10.1. The third kappa shape index (κ3) is 1.99. The Balaban J connectivity index is 1.96. The molecule has 0 radical (unpaired) electrons. The van der Waals surface area contributed by atoms with Crippen LogP contribution in [-0.4, -0.2) is 21.5 Å². The quantitative estimate of drug-likeness (QED) is 0.859. The van der Waals surface area contributed by atoms with E-state index >= 15 is 0 Å². The minimum Gasteiger partial charge on any atom is -0.419 e. The van der Waals surface area contributed by atoms with Gasteiger partial charge in [-0.2, -0.15) is 0 Å². The number of nitrogens with zero attached hydrogens (tertiary/aromatic N) is 2. The maximum atomic E-state index is 11.0. The first-order valence-electron chi connectivity index (χ1n) is 6.69. The Bertz CT molecular complexity index is 606. The van der Waals surface area contributed by atoms with E-state index in [1.807, 2.05) is 13.8 Å². The highest BCUT2D eigenvalue weighted by molar-refractivity contribution is 5.82. The van der Waals surface area contributed by atoms with Crippen LogP contribution in [0.5, 0.6) is 0 Å². The predicted molar refractivity (Wildman–Crippen MR) is 70.2 cm³/mol. The van der Waals surface area contributed by atoms with Crippen LogP contribution < -0.4 is 0 Å². The molecule has 0 atom stereocenters. The monoisotopic (exact) mass is 259 g/mol. The van der Waals surface area contributed by atoms with Crippen molar-refractivity contribution in [2.45, 2.75) is 45.4 Å². The van der Waals surface area contributed by atoms with Gasteiger partial charge in [-0.1, -0.05) is 12.8 Å². The van der Waals surface area contributed by atoms with Gasteiger partial charge in [-0.25, -0.2) is 0 Å². The molecule has 1 saturated carbocycles. The number of carbonyl (C=O) groups excluding carboxylic acids is 1. The first-order valence-corrected chi connectivity index (χ1v) is 6.69. The number of aryl methyl sites for hydroxylation is 1. The van der Waals surface area contributed by atoms with Crippen LogP contribution in [0.15, 0.2) is 4.42 Å². The van der Waals surface area contributed by atoms with Crippen LogP contribution in [0.2, 0.25) is 0 Å². The van der Waals surface area contributed by atoms with E-state index in [4.69, 9.17) is 4.42 Å². The van der Waals surface area contributed by atoms with Crippen LogP contribution in [-0.2, 0) is 0 Å². The largest absolute Gasteiger partial charge is 0.419 e. The Morgan fingerprint density at radius 2 is 2.00 bits per heavy atom. The van der Waals surface area contributed by atoms with E-state index in [9.17, 15) is 4.79 Å². The summed E-state index contributed by atoms with van der Waals surface area (Å²) in [5, 5.41) is 8.27. The van der Waals surface area contributed by atoms with Gasteiger partial charge >= 0.3 is 0 Å². The summed E-state index contributed by atoms with van der Waals surface area (Å²) in [4.78, 5) is 14.2. The number of aromatic nitrogens is 3. The third-order valence-corrected chi connectivity index (χ3v) is 3.97. The molecule has 0 unspecified atom stereocenters. The summed E-state index contributed by atoms with van der Waals surface area (Å²) >= 11 is 0. The zero-order valence-corrected chi connectivity index (χ0v) is 11.2. The fraction of sp³-hybridized carbons (Fsp3) is 0.500. The summed E-state index contributed by atoms with van der Waals surface area (Å²) in [7, 11) is 0. The Morgan fingerprint density at radius 3 is 2.63 bits per heavy atom. The Hall–Kier alpha value is -1.91. The van der Waals surface area contributed by atoms with Crippen molar-refractivity contribution in [3.8, 4) is 11.6 Å². The first kappa shape index (κ1) is 12.1. The SMILES string of the molecule is Cc1[nH]c(-c2nnc(C3CCCC3)o2)c(C)c1C=O. The molecule has 0 aromatic carbocycles. The van der Waals surface area contributed by atoms with Crippen molar-refractivity contribution in [2.24, 2.45) is 0 Å². The molecule has 1 aliphatic rings. The standard InChI is InChI=1S/C14H17N3O2/c1-8-11(7-18)9(2)15-12(8)14-17-16-13(19-14)10-5-3-4-6-10/h7,10,15H,3-6H2,1-2H3. The molecule has 19 heavy (non-hydrogen) atoms. The lowest BCUT2D eigenvalue weighted by molar-refractivity contribution is 0.112. The highest BCUT2D eigenvalue weighted by Crippen LogP contribution is 2.35. The molecule has 0 amide bonds. The molecule has 3 rings (SSSR count). The van der Waals surface area contributed by atoms with Gasteiger partial charge in [-0.15, -0.1) is 10.2 Å². The fourth-order valence-corrected chi connectivity index (χ4v) is 2.83. The maximum absolute atomic E-state index is 11.0. The number of nitrogens with one attached hydrogen (secondary N) is 1. The zero-order valence-electron chi connectivity index (χ0n) is 11.2. The van der Waals surface area contributed by atoms with E-state index in [0.29, 0.717) is 17.4 Å². The molecular weight excluding hydrogens is 242 g/mol. The van der Waals surface area contributed by atoms with Crippen LogP contribution in [0.25, 0.3) is 11.6 Å². The van der Waals surface area contributed by atoms with Crippen molar-refractivity contribution in [2.75, 3.05) is 0 Å². The zero-order chi connectivity index (χ0) is 13.4. The summed E-state index contributed by atoms with van der Waals surface area (Å²) in [6.07, 6.45) is 5.59. The molecule has 2 aromatic rings. The first-order chi connectivity index (χ1) is 9.20. The number of hydrogen-bond acceptors (Lipinski definition) is 4. The van der Waals surface area contributed by atoms with Gasteiger partial charge in [0.25, 0.3) is 5.89 Å². The summed E-state index contributed by atoms with van der Waals surface area (Å²) < 4.78 is 5.78. The topological polar surface area (TPSA) is 71.8 Å². The van der Waals surface area contributed by atoms with Crippen LogP contribution in [0.4, 0.5) is 0 Å². The molecule has 5 heteroatoms. The van der Waals surface area contributed by atoms with Crippen LogP contribution in [0.1, 0.15) is 59.1 Å². The summed E-state index contributed by atoms with van der Waals surface area (Å²) in [6, 6.07) is 0. The van der Waals surface area contributed by atoms with Gasteiger partial charge in [-0.3, -0.25) is 4.79 Å². The number of hydrogen-bond donors (Lipinski definition) is 1. The normalized spacial score (nSPS) is 16.1. The molecule has 0 aliphatic heterocycles. The van der Waals surface area contributed by atoms with Crippen molar-refractivity contribution in [3.05, 3.63) is 22.7 Å². The second-order valence-corrected chi connectivity index (χ2v) is 5.21. The minimum absolute atomic E-state index is 0.406. The van der Waals surface area contributed by atoms with Crippen LogP contribution >= 0.6 is 0 Å². The molecule has 0 spiro atoms. The Morgan fingerprint density at radius 1 is 1.26 bits per heavy atom. The van der Waals surface area contributed by atoms with E-state index in [2.05, 4.69) is 15.2 Å². The second-order valence-electron chi connectivity index (χ2n) is 5.21. The fourth-order valence-electron chi connectivity index (χ4n) is 2.83. The maximum Gasteiger partial charge on any atom is 0.264 e. The summed E-state index contributed by atoms with van der Waals surface area (Å²) in [5.41, 5.74) is 3.14. The van der Waals surface area contributed by atoms with Crippen LogP contribution in [0, 0.1) is 13.8 Å². The van der Waals surface area contributed by atoms with Gasteiger partial charge in [0, 0.05) is 17.2 Å². The van der Waals surface area contributed by atoms with Gasteiger partial charge in [0.15, 0.2) is 6.29 Å². The number of rotatable bonds is 3. The van der Waals surface area contributed by atoms with Crippen molar-refractivity contribution in [1.29, 1.82) is 0 Å². The summed E-state index contributed by atoms with van der Waals surface area (Å²) in [5.74, 6) is 1.62. The molecule has 1 aliphatic carbocycles. The van der Waals surface area contributed by atoms with Crippen molar-refractivity contribution < 1.29 is 9.21 Å². The van der Waals surface area contributed by atoms with E-state index in [-0.39, 0.29) is 0 Å². The minimum atomic E-state index is 0.406. The van der Waals surface area contributed by atoms with Crippen LogP contribution in [0.3, 0.4) is 0 Å². The van der Waals surface area contributed by atoms with E-state index < -0.39 is 0 Å². The Labute approximate surface area is 111 Å². The molecular formula is C14H17N3O2. The smallest absolute Gasteiger partial charge is 0.264 e. The molecule has 1 N–H and O–H groups in total. The molecule has 0 bridgehead atoms. The van der Waals surface area contributed by atoms with Crippen molar-refractivity contribution in [3.63, 3.8) is 0 Å². The Kier molecular flexibility index (Phi) is 2.97. The lowest BCUT2D eigenvalue weighted by Gasteiger charge is -2.00. The third-order valence-electron chi connectivity index (χ3n) is 3.97. The van der Waals surface area contributed by atoms with E-state index in [1.165, 1.54) is 12.8 Å². The molecule has 1 fully saturated rings. The number of aldehydes is 1. The number of aromatic amines is 1. The molecule has 2 aromatic heterocycles. The van der Waals surface area contributed by atoms with Crippen molar-refractivity contribution in [1.82, 2.24) is 15.2 Å². The van der Waals surface area contributed by atoms with E-state index in [1.54, 1.807) is 0 Å². The average Bonchev–Trinajstić information content (AvgIpc) is 3.09. The highest BCUT2D eigenvalue weighted by atomic mass is 16.4. The predicted octanol–water partition coefficient (Wildman–Crippen LogP) is 3.15. The summed E-state index contributed by atoms with van der Waals surface area (Å²) in [6.45, 7) is 3.76. The molecule has 0 saturated heterocycles. The molecule has 5 nitrogen and oxygen atoms in total. The van der Waals surface area contributed by atoms with Crippen molar-refractivity contribution >= 4 is 6.29 Å². The van der Waals surface area contributed by atoms with Gasteiger partial charge in [0.1, 0.15) is 5.69 Å². The second kappa shape index (κ2) is 4.64. The van der Waals surface area contributed by atoms with Gasteiger partial charge < -0.3 is 9.40 Å². The molecule has 2 heterocycles. The average molecular weight is 259 g/mol.